The molecule has 0 saturated heterocycles. The Morgan fingerprint density at radius 3 is 2.42 bits per heavy atom. The number of phenols is 1. The van der Waals surface area contributed by atoms with Crippen molar-refractivity contribution in [3.8, 4) is 5.75 Å². The van der Waals surface area contributed by atoms with Crippen molar-refractivity contribution in [3.05, 3.63) is 41.8 Å². The average Bonchev–Trinajstić information content (AvgIpc) is 3.20. The van der Waals surface area contributed by atoms with E-state index in [1.807, 2.05) is 0 Å². The highest BCUT2D eigenvalue weighted by Gasteiger charge is 2.35. The van der Waals surface area contributed by atoms with E-state index < -0.39 is 40.3 Å². The number of sulfonamides is 1. The van der Waals surface area contributed by atoms with Crippen molar-refractivity contribution in [2.45, 2.75) is 24.4 Å². The Labute approximate surface area is 178 Å². The summed E-state index contributed by atoms with van der Waals surface area (Å²) in [6, 6.07) is 3.59. The summed E-state index contributed by atoms with van der Waals surface area (Å²) >= 11 is 0. The lowest BCUT2D eigenvalue weighted by Crippen LogP contribution is -2.52. The second-order valence-corrected chi connectivity index (χ2v) is 8.81. The Morgan fingerprint density at radius 2 is 1.87 bits per heavy atom. The van der Waals surface area contributed by atoms with Crippen molar-refractivity contribution in [1.82, 2.24) is 10.3 Å². The number of rotatable bonds is 10. The molecule has 31 heavy (non-hydrogen) atoms. The molecule has 1 amide bonds. The highest BCUT2D eigenvalue weighted by molar-refractivity contribution is 7.92. The summed E-state index contributed by atoms with van der Waals surface area (Å²) in [4.78, 5) is 16.4. The van der Waals surface area contributed by atoms with Gasteiger partial charge in [0.1, 0.15) is 30.3 Å². The Morgan fingerprint density at radius 1 is 1.26 bits per heavy atom. The van der Waals surface area contributed by atoms with Gasteiger partial charge in [-0.25, -0.2) is 12.7 Å². The SMILES string of the molecule is COCC(O)C(O)C(NC(=O)c1coc(N(C)S(C)(=O)=O)n1)C(O)c1ccc(O)cc1. The van der Waals surface area contributed by atoms with Crippen molar-refractivity contribution in [3.63, 3.8) is 0 Å². The Kier molecular flexibility index (Phi) is 7.97. The molecule has 0 fully saturated rings. The zero-order valence-corrected chi connectivity index (χ0v) is 17.9. The molecule has 0 aliphatic rings. The number of nitrogens with one attached hydrogen (secondary N) is 1. The van der Waals surface area contributed by atoms with Crippen LogP contribution in [0.1, 0.15) is 22.2 Å². The number of ether oxygens (including phenoxy) is 1. The van der Waals surface area contributed by atoms with Crippen LogP contribution in [0.4, 0.5) is 6.01 Å². The molecule has 0 bridgehead atoms. The number of anilines is 1. The second kappa shape index (κ2) is 10.1. The van der Waals surface area contributed by atoms with Gasteiger partial charge in [0.2, 0.25) is 10.0 Å². The number of carbonyl (C=O) groups excluding carboxylic acids is 1. The van der Waals surface area contributed by atoms with Crippen molar-refractivity contribution >= 4 is 21.9 Å². The van der Waals surface area contributed by atoms with Crippen LogP contribution >= 0.6 is 0 Å². The molecule has 172 valence electrons. The minimum Gasteiger partial charge on any atom is -0.508 e. The molecule has 4 unspecified atom stereocenters. The molecular weight excluding hydrogens is 434 g/mol. The van der Waals surface area contributed by atoms with Gasteiger partial charge in [0, 0.05) is 14.2 Å². The fourth-order valence-corrected chi connectivity index (χ4v) is 2.99. The lowest BCUT2D eigenvalue weighted by molar-refractivity contribution is -0.0633. The summed E-state index contributed by atoms with van der Waals surface area (Å²) in [5.41, 5.74) is -0.0775. The molecule has 0 aliphatic carbocycles. The Bertz CT molecular complexity index is 977. The van der Waals surface area contributed by atoms with Gasteiger partial charge in [-0.15, -0.1) is 0 Å². The third kappa shape index (κ3) is 6.15. The number of hydrogen-bond acceptors (Lipinski definition) is 10. The zero-order chi connectivity index (χ0) is 23.3. The maximum absolute atomic E-state index is 12.6. The van der Waals surface area contributed by atoms with Gasteiger partial charge in [-0.3, -0.25) is 4.79 Å². The van der Waals surface area contributed by atoms with Crippen LogP contribution in [-0.2, 0) is 14.8 Å². The number of aromatic nitrogens is 1. The second-order valence-electron chi connectivity index (χ2n) is 6.79. The number of nitrogens with zero attached hydrogens (tertiary/aromatic N) is 2. The lowest BCUT2D eigenvalue weighted by atomic mass is 9.94. The van der Waals surface area contributed by atoms with Crippen molar-refractivity contribution < 1.29 is 42.8 Å². The molecule has 0 radical (unpaired) electrons. The first-order valence-corrected chi connectivity index (χ1v) is 10.8. The van der Waals surface area contributed by atoms with Gasteiger partial charge in [-0.05, 0) is 17.7 Å². The summed E-state index contributed by atoms with van der Waals surface area (Å²) in [5.74, 6) is -0.954. The lowest BCUT2D eigenvalue weighted by Gasteiger charge is -2.31. The van der Waals surface area contributed by atoms with E-state index in [0.29, 0.717) is 0 Å². The maximum Gasteiger partial charge on any atom is 0.311 e. The van der Waals surface area contributed by atoms with Crippen LogP contribution in [0.25, 0.3) is 0 Å². The van der Waals surface area contributed by atoms with Gasteiger partial charge in [0.05, 0.1) is 18.9 Å². The Balaban J connectivity index is 2.29. The van der Waals surface area contributed by atoms with Crippen molar-refractivity contribution in [2.24, 2.45) is 0 Å². The molecule has 5 N–H and O–H groups in total. The van der Waals surface area contributed by atoms with Gasteiger partial charge < -0.3 is 34.9 Å². The van der Waals surface area contributed by atoms with Gasteiger partial charge in [0.15, 0.2) is 5.69 Å². The summed E-state index contributed by atoms with van der Waals surface area (Å²) in [6.45, 7) is -0.275. The van der Waals surface area contributed by atoms with Crippen LogP contribution in [0.2, 0.25) is 0 Å². The fourth-order valence-electron chi connectivity index (χ4n) is 2.62. The van der Waals surface area contributed by atoms with E-state index in [9.17, 15) is 33.6 Å². The van der Waals surface area contributed by atoms with Crippen molar-refractivity contribution in [1.29, 1.82) is 0 Å². The standard InChI is InChI=1S/C18H25N3O9S/c1-21(31(3,27)28)18-19-12(8-30-18)17(26)20-14(16(25)13(23)9-29-2)15(24)10-4-6-11(22)7-5-10/h4-8,13-16,22-25H,9H2,1-3H3,(H,20,26). The maximum atomic E-state index is 12.6. The number of carbonyl (C=O) groups is 1. The monoisotopic (exact) mass is 459 g/mol. The smallest absolute Gasteiger partial charge is 0.311 e. The molecule has 2 rings (SSSR count). The van der Waals surface area contributed by atoms with Crippen molar-refractivity contribution in [2.75, 3.05) is 31.3 Å². The zero-order valence-electron chi connectivity index (χ0n) is 17.0. The third-order valence-electron chi connectivity index (χ3n) is 4.46. The number of aromatic hydroxyl groups is 1. The van der Waals surface area contributed by atoms with Crippen LogP contribution in [0.5, 0.6) is 5.75 Å². The highest BCUT2D eigenvalue weighted by atomic mass is 32.2. The molecule has 13 heteroatoms. The molecule has 1 heterocycles. The quantitative estimate of drug-likeness (QED) is 0.295. The van der Waals surface area contributed by atoms with Gasteiger partial charge >= 0.3 is 6.01 Å². The minimum absolute atomic E-state index is 0.0541. The number of methoxy groups -OCH3 is 1. The molecule has 0 aliphatic heterocycles. The molecular formula is C18H25N3O9S. The largest absolute Gasteiger partial charge is 0.508 e. The van der Waals surface area contributed by atoms with Crippen LogP contribution in [0.3, 0.4) is 0 Å². The first kappa shape index (κ1) is 24.6. The summed E-state index contributed by atoms with van der Waals surface area (Å²) < 4.78 is 33.7. The van der Waals surface area contributed by atoms with E-state index in [0.717, 1.165) is 16.8 Å². The van der Waals surface area contributed by atoms with E-state index in [1.165, 1.54) is 38.4 Å². The molecule has 1 aromatic heterocycles. The fraction of sp³-hybridized carbons (Fsp3) is 0.444. The predicted molar refractivity (Wildman–Crippen MR) is 108 cm³/mol. The van der Waals surface area contributed by atoms with Crippen LogP contribution in [0.15, 0.2) is 34.9 Å². The van der Waals surface area contributed by atoms with Gasteiger partial charge in [-0.1, -0.05) is 12.1 Å². The first-order chi connectivity index (χ1) is 14.5. The molecule has 2 aromatic rings. The predicted octanol–water partition coefficient (Wildman–Crippen LogP) is -1.02. The van der Waals surface area contributed by atoms with E-state index >= 15 is 0 Å². The normalized spacial score (nSPS) is 15.7. The van der Waals surface area contributed by atoms with E-state index in [-0.39, 0.29) is 29.6 Å². The van der Waals surface area contributed by atoms with Crippen LogP contribution < -0.4 is 9.62 Å². The van der Waals surface area contributed by atoms with E-state index in [4.69, 9.17) is 9.15 Å². The van der Waals surface area contributed by atoms with Crippen LogP contribution in [0, 0.1) is 0 Å². The average molecular weight is 459 g/mol. The summed E-state index contributed by atoms with van der Waals surface area (Å²) in [5, 5.41) is 43.1. The van der Waals surface area contributed by atoms with E-state index in [1.54, 1.807) is 0 Å². The van der Waals surface area contributed by atoms with E-state index in [2.05, 4.69) is 10.3 Å². The summed E-state index contributed by atoms with van der Waals surface area (Å²) in [7, 11) is -1.19. The molecule has 4 atom stereocenters. The first-order valence-electron chi connectivity index (χ1n) is 8.98. The molecule has 0 spiro atoms. The molecule has 12 nitrogen and oxygen atoms in total. The number of hydrogen-bond donors (Lipinski definition) is 5. The number of oxazole rings is 1. The van der Waals surface area contributed by atoms with Gasteiger partial charge in [-0.2, -0.15) is 4.98 Å². The Hall–Kier alpha value is -2.71. The summed E-state index contributed by atoms with van der Waals surface area (Å²) in [6.07, 6.45) is -2.76. The molecule has 0 saturated carbocycles. The number of amides is 1. The number of aliphatic hydroxyl groups is 3. The molecule has 1 aromatic carbocycles. The number of phenolic OH excluding ortho intramolecular Hbond substituents is 1. The highest BCUT2D eigenvalue weighted by Crippen LogP contribution is 2.23. The number of aliphatic hydroxyl groups excluding tert-OH is 3. The van der Waals surface area contributed by atoms with Crippen LogP contribution in [-0.4, -0.2) is 85.0 Å². The topological polar surface area (TPSA) is 183 Å². The number of benzene rings is 1. The minimum atomic E-state index is -3.68. The van der Waals surface area contributed by atoms with Gasteiger partial charge in [0.25, 0.3) is 5.91 Å². The third-order valence-corrected chi connectivity index (χ3v) is 5.61.